The van der Waals surface area contributed by atoms with Crippen LogP contribution in [-0.4, -0.2) is 5.78 Å². The van der Waals surface area contributed by atoms with Gasteiger partial charge >= 0.3 is 0 Å². The summed E-state index contributed by atoms with van der Waals surface area (Å²) in [5.41, 5.74) is 3.01. The van der Waals surface area contributed by atoms with Crippen LogP contribution in [0.4, 0.5) is 0 Å². The summed E-state index contributed by atoms with van der Waals surface area (Å²) in [4.78, 5) is 12.5. The van der Waals surface area contributed by atoms with Gasteiger partial charge in [0.25, 0.3) is 0 Å². The number of Topliss-reactive ketones (excluding diaryl/α,β-unsaturated/α-hetero) is 1. The lowest BCUT2D eigenvalue weighted by Crippen LogP contribution is -2.38. The molecule has 2 aromatic carbocycles. The highest BCUT2D eigenvalue weighted by Crippen LogP contribution is 2.40. The summed E-state index contributed by atoms with van der Waals surface area (Å²) in [6, 6.07) is 20.2. The molecule has 1 heterocycles. The zero-order valence-electron chi connectivity index (χ0n) is 12.9. The van der Waals surface area contributed by atoms with E-state index >= 15 is 0 Å². The van der Waals surface area contributed by atoms with Crippen LogP contribution in [0.5, 0.6) is 0 Å². The number of hydrogen-bond acceptors (Lipinski definition) is 3. The smallest absolute Gasteiger partial charge is 0.176 e. The molecule has 0 saturated heterocycles. The molecule has 2 atom stereocenters. The average Bonchev–Trinajstić information content (AvgIpc) is 2.62. The maximum absolute atomic E-state index is 12.5. The molecule has 0 bridgehead atoms. The van der Waals surface area contributed by atoms with Crippen molar-refractivity contribution >= 4 is 5.78 Å². The molecular formula is C20H19NO2. The lowest BCUT2D eigenvalue weighted by molar-refractivity contribution is -0.118. The zero-order valence-corrected chi connectivity index (χ0v) is 12.9. The molecule has 2 aromatic rings. The van der Waals surface area contributed by atoms with Crippen LogP contribution < -0.4 is 5.32 Å². The number of rotatable bonds is 2. The van der Waals surface area contributed by atoms with Gasteiger partial charge < -0.3 is 4.74 Å². The first-order valence-electron chi connectivity index (χ1n) is 8.12. The van der Waals surface area contributed by atoms with E-state index in [0.29, 0.717) is 6.42 Å². The van der Waals surface area contributed by atoms with Gasteiger partial charge in [0.15, 0.2) is 12.0 Å². The molecule has 0 aromatic heterocycles. The third-order valence-corrected chi connectivity index (χ3v) is 4.51. The van der Waals surface area contributed by atoms with E-state index in [0.717, 1.165) is 35.3 Å². The van der Waals surface area contributed by atoms with Crippen molar-refractivity contribution in [3.63, 3.8) is 0 Å². The Balaban J connectivity index is 1.77. The second-order valence-corrected chi connectivity index (χ2v) is 6.03. The van der Waals surface area contributed by atoms with E-state index in [1.54, 1.807) is 0 Å². The molecule has 3 nitrogen and oxygen atoms in total. The normalized spacial score (nSPS) is 24.1. The summed E-state index contributed by atoms with van der Waals surface area (Å²) in [5, 5.41) is 3.51. The highest BCUT2D eigenvalue weighted by Gasteiger charge is 2.36. The van der Waals surface area contributed by atoms with Crippen LogP contribution in [0, 0.1) is 0 Å². The van der Waals surface area contributed by atoms with Gasteiger partial charge in [-0.3, -0.25) is 10.1 Å². The maximum Gasteiger partial charge on any atom is 0.176 e. The lowest BCUT2D eigenvalue weighted by Gasteiger charge is -2.37. The number of carbonyl (C=O) groups is 1. The van der Waals surface area contributed by atoms with E-state index in [4.69, 9.17) is 4.74 Å². The highest BCUT2D eigenvalue weighted by molar-refractivity contribution is 5.98. The maximum atomic E-state index is 12.5. The van der Waals surface area contributed by atoms with Gasteiger partial charge in [0.1, 0.15) is 5.76 Å². The molecule has 2 unspecified atom stereocenters. The summed E-state index contributed by atoms with van der Waals surface area (Å²) >= 11 is 0. The van der Waals surface area contributed by atoms with Crippen LogP contribution in [0.15, 0.2) is 72.0 Å². The molecule has 0 spiro atoms. The number of carbonyl (C=O) groups excluding carboxylic acids is 1. The molecular weight excluding hydrogens is 286 g/mol. The van der Waals surface area contributed by atoms with Crippen molar-refractivity contribution in [1.82, 2.24) is 5.32 Å². The van der Waals surface area contributed by atoms with E-state index in [1.807, 2.05) is 36.4 Å². The third-order valence-electron chi connectivity index (χ3n) is 4.51. The Morgan fingerprint density at radius 1 is 0.870 bits per heavy atom. The molecule has 2 aliphatic rings. The number of allylic oxidation sites excluding steroid dienone is 1. The average molecular weight is 305 g/mol. The summed E-state index contributed by atoms with van der Waals surface area (Å²) in [6.45, 7) is 0. The predicted molar refractivity (Wildman–Crippen MR) is 88.5 cm³/mol. The van der Waals surface area contributed by atoms with Crippen molar-refractivity contribution < 1.29 is 9.53 Å². The fourth-order valence-corrected chi connectivity index (χ4v) is 3.39. The lowest BCUT2D eigenvalue weighted by atomic mass is 9.86. The van der Waals surface area contributed by atoms with Gasteiger partial charge in [-0.2, -0.15) is 0 Å². The van der Waals surface area contributed by atoms with Gasteiger partial charge in [0, 0.05) is 18.4 Å². The van der Waals surface area contributed by atoms with E-state index < -0.39 is 0 Å². The fraction of sp³-hybridized carbons (Fsp3) is 0.250. The van der Waals surface area contributed by atoms with Crippen LogP contribution >= 0.6 is 0 Å². The van der Waals surface area contributed by atoms with Crippen LogP contribution in [0.25, 0.3) is 0 Å². The van der Waals surface area contributed by atoms with Crippen molar-refractivity contribution in [2.24, 2.45) is 0 Å². The number of benzene rings is 2. The molecule has 116 valence electrons. The van der Waals surface area contributed by atoms with Crippen LogP contribution in [-0.2, 0) is 9.53 Å². The molecule has 23 heavy (non-hydrogen) atoms. The fourth-order valence-electron chi connectivity index (χ4n) is 3.39. The molecule has 0 radical (unpaired) electrons. The van der Waals surface area contributed by atoms with Gasteiger partial charge in [-0.05, 0) is 12.0 Å². The molecule has 0 saturated carbocycles. The second kappa shape index (κ2) is 6.01. The summed E-state index contributed by atoms with van der Waals surface area (Å²) in [7, 11) is 0. The van der Waals surface area contributed by atoms with Crippen molar-refractivity contribution in [3.05, 3.63) is 83.1 Å². The van der Waals surface area contributed by atoms with Gasteiger partial charge in [-0.25, -0.2) is 0 Å². The monoisotopic (exact) mass is 305 g/mol. The molecule has 3 heteroatoms. The largest absolute Gasteiger partial charge is 0.475 e. The SMILES string of the molecule is O=C1CCCC2=C1C(c1ccccc1)NC(c1ccccc1)O2. The molecule has 4 rings (SSSR count). The Morgan fingerprint density at radius 3 is 2.22 bits per heavy atom. The Hall–Kier alpha value is -2.39. The molecule has 1 N–H and O–H groups in total. The number of nitrogens with one attached hydrogen (secondary N) is 1. The number of ketones is 1. The molecule has 1 aliphatic carbocycles. The number of ether oxygens (including phenoxy) is 1. The quantitative estimate of drug-likeness (QED) is 0.909. The number of hydrogen-bond donors (Lipinski definition) is 1. The first kappa shape index (κ1) is 14.2. The minimum atomic E-state index is -0.217. The van der Waals surface area contributed by atoms with Crippen LogP contribution in [0.3, 0.4) is 0 Å². The van der Waals surface area contributed by atoms with E-state index in [2.05, 4.69) is 29.6 Å². The molecule has 0 fully saturated rings. The predicted octanol–water partition coefficient (Wildman–Crippen LogP) is 4.05. The Bertz CT molecular complexity index is 737. The van der Waals surface area contributed by atoms with Crippen LogP contribution in [0.1, 0.15) is 42.7 Å². The van der Waals surface area contributed by atoms with Crippen molar-refractivity contribution in [3.8, 4) is 0 Å². The topological polar surface area (TPSA) is 38.3 Å². The minimum absolute atomic E-state index is 0.0991. The van der Waals surface area contributed by atoms with Gasteiger partial charge in [0.2, 0.25) is 0 Å². The molecule has 1 aliphatic heterocycles. The third kappa shape index (κ3) is 2.68. The van der Waals surface area contributed by atoms with Crippen molar-refractivity contribution in [2.45, 2.75) is 31.5 Å². The Labute approximate surface area is 136 Å². The minimum Gasteiger partial charge on any atom is -0.475 e. The summed E-state index contributed by atoms with van der Waals surface area (Å²) in [6.07, 6.45) is 2.12. The first-order valence-corrected chi connectivity index (χ1v) is 8.12. The van der Waals surface area contributed by atoms with Crippen molar-refractivity contribution in [2.75, 3.05) is 0 Å². The highest BCUT2D eigenvalue weighted by atomic mass is 16.5. The van der Waals surface area contributed by atoms with Gasteiger partial charge in [0.05, 0.1) is 11.6 Å². The summed E-state index contributed by atoms with van der Waals surface area (Å²) < 4.78 is 6.15. The van der Waals surface area contributed by atoms with Gasteiger partial charge in [-0.1, -0.05) is 60.7 Å². The summed E-state index contributed by atoms with van der Waals surface area (Å²) in [5.74, 6) is 1.07. The van der Waals surface area contributed by atoms with Crippen molar-refractivity contribution in [1.29, 1.82) is 0 Å². The van der Waals surface area contributed by atoms with E-state index in [-0.39, 0.29) is 18.1 Å². The zero-order chi connectivity index (χ0) is 15.6. The molecule has 0 amide bonds. The van der Waals surface area contributed by atoms with Gasteiger partial charge in [-0.15, -0.1) is 0 Å². The Kier molecular flexibility index (Phi) is 3.72. The second-order valence-electron chi connectivity index (χ2n) is 6.03. The van der Waals surface area contributed by atoms with Crippen LogP contribution in [0.2, 0.25) is 0 Å². The standard InChI is InChI=1S/C20H19NO2/c22-16-12-7-13-17-18(16)19(14-8-3-1-4-9-14)21-20(23-17)15-10-5-2-6-11-15/h1-6,8-11,19-21H,7,12-13H2. The van der Waals surface area contributed by atoms with E-state index in [9.17, 15) is 4.79 Å². The first-order chi connectivity index (χ1) is 11.3. The Morgan fingerprint density at radius 2 is 1.52 bits per heavy atom. The van der Waals surface area contributed by atoms with E-state index in [1.165, 1.54) is 0 Å².